The monoisotopic (exact) mass is 562 g/mol. The number of nitrogens with one attached hydrogen (secondary N) is 2. The third kappa shape index (κ3) is 6.49. The van der Waals surface area contributed by atoms with E-state index in [2.05, 4.69) is 15.5 Å². The summed E-state index contributed by atoms with van der Waals surface area (Å²) in [4.78, 5) is 41.9. The number of anilines is 2. The largest absolute Gasteiger partial charge is 0.493 e. The van der Waals surface area contributed by atoms with Gasteiger partial charge in [-0.1, -0.05) is 18.2 Å². The van der Waals surface area contributed by atoms with E-state index in [9.17, 15) is 14.4 Å². The first-order valence-corrected chi connectivity index (χ1v) is 12.9. The van der Waals surface area contributed by atoms with Crippen molar-refractivity contribution in [3.05, 3.63) is 83.4 Å². The minimum atomic E-state index is -0.506. The number of nitrogens with zero attached hydrogens (tertiary/aromatic N) is 2. The summed E-state index contributed by atoms with van der Waals surface area (Å²) in [5.74, 6) is -0.0643. The molecule has 10 nitrogen and oxygen atoms in total. The number of carbonyl (C=O) groups excluding carboxylic acids is 3. The number of rotatable bonds is 7. The molecule has 40 heavy (non-hydrogen) atoms. The lowest BCUT2D eigenvalue weighted by Gasteiger charge is -2.37. The molecule has 1 aliphatic heterocycles. The second kappa shape index (κ2) is 12.9. The molecule has 0 radical (unpaired) electrons. The van der Waals surface area contributed by atoms with Gasteiger partial charge in [-0.3, -0.25) is 14.9 Å². The second-order valence-electron chi connectivity index (χ2n) is 8.85. The van der Waals surface area contributed by atoms with Crippen LogP contribution in [0.2, 0.25) is 0 Å². The zero-order valence-corrected chi connectivity index (χ0v) is 23.2. The van der Waals surface area contributed by atoms with Crippen LogP contribution in [-0.2, 0) is 4.74 Å². The third-order valence-corrected chi connectivity index (χ3v) is 6.67. The first-order valence-electron chi connectivity index (χ1n) is 12.5. The van der Waals surface area contributed by atoms with Crippen LogP contribution in [-0.4, -0.2) is 75.3 Å². The summed E-state index contributed by atoms with van der Waals surface area (Å²) in [5.41, 5.74) is 2.58. The van der Waals surface area contributed by atoms with Crippen molar-refractivity contribution >= 4 is 46.5 Å². The van der Waals surface area contributed by atoms with Crippen LogP contribution in [0, 0.1) is 0 Å². The van der Waals surface area contributed by atoms with E-state index in [0.717, 1.165) is 5.69 Å². The van der Waals surface area contributed by atoms with Gasteiger partial charge in [0.2, 0.25) is 0 Å². The van der Waals surface area contributed by atoms with Gasteiger partial charge in [0.15, 0.2) is 16.6 Å². The summed E-state index contributed by atoms with van der Waals surface area (Å²) >= 11 is 5.44. The Bertz CT molecular complexity index is 1410. The van der Waals surface area contributed by atoms with Gasteiger partial charge in [-0.25, -0.2) is 4.79 Å². The fourth-order valence-corrected chi connectivity index (χ4v) is 4.58. The molecule has 1 aliphatic rings. The van der Waals surface area contributed by atoms with Crippen molar-refractivity contribution in [3.63, 3.8) is 0 Å². The van der Waals surface area contributed by atoms with E-state index in [1.165, 1.54) is 21.3 Å². The highest BCUT2D eigenvalue weighted by molar-refractivity contribution is 7.80. The maximum atomic E-state index is 12.9. The van der Waals surface area contributed by atoms with Crippen molar-refractivity contribution in [2.75, 3.05) is 57.7 Å². The molecule has 4 rings (SSSR count). The SMILES string of the molecule is COC(=O)c1ccc(N2CCN(C(=O)c3ccccc3)CC2)c(NC(=S)NC(=O)c2ccc(OC)c(OC)c2)c1. The molecule has 208 valence electrons. The van der Waals surface area contributed by atoms with E-state index >= 15 is 0 Å². The fourth-order valence-electron chi connectivity index (χ4n) is 4.38. The van der Waals surface area contributed by atoms with E-state index < -0.39 is 11.9 Å². The van der Waals surface area contributed by atoms with Crippen LogP contribution in [0.3, 0.4) is 0 Å². The summed E-state index contributed by atoms with van der Waals surface area (Å²) in [6, 6.07) is 19.0. The highest BCUT2D eigenvalue weighted by atomic mass is 32.1. The number of thiocarbonyl (C=S) groups is 1. The number of piperazine rings is 1. The van der Waals surface area contributed by atoms with Crippen LogP contribution in [0.5, 0.6) is 11.5 Å². The molecule has 0 bridgehead atoms. The number of methoxy groups -OCH3 is 3. The summed E-state index contributed by atoms with van der Waals surface area (Å²) in [5, 5.41) is 5.76. The number of esters is 1. The Labute approximate surface area is 237 Å². The average molecular weight is 563 g/mol. The van der Waals surface area contributed by atoms with E-state index in [1.807, 2.05) is 23.1 Å². The number of hydrogen-bond acceptors (Lipinski definition) is 8. The van der Waals surface area contributed by atoms with Crippen LogP contribution in [0.4, 0.5) is 11.4 Å². The lowest BCUT2D eigenvalue weighted by Crippen LogP contribution is -2.49. The topological polar surface area (TPSA) is 109 Å². The number of benzene rings is 3. The Morgan fingerprint density at radius 3 is 2.10 bits per heavy atom. The lowest BCUT2D eigenvalue weighted by molar-refractivity contribution is 0.0600. The normalized spacial score (nSPS) is 12.8. The number of amides is 2. The molecule has 3 aromatic carbocycles. The third-order valence-electron chi connectivity index (χ3n) is 6.47. The smallest absolute Gasteiger partial charge is 0.337 e. The van der Waals surface area contributed by atoms with Gasteiger partial charge in [0.05, 0.1) is 38.3 Å². The number of ether oxygens (including phenoxy) is 3. The molecule has 0 unspecified atom stereocenters. The maximum Gasteiger partial charge on any atom is 0.337 e. The van der Waals surface area contributed by atoms with Crippen molar-refractivity contribution in [2.24, 2.45) is 0 Å². The van der Waals surface area contributed by atoms with Gasteiger partial charge in [0.1, 0.15) is 0 Å². The van der Waals surface area contributed by atoms with Crippen LogP contribution in [0.15, 0.2) is 66.7 Å². The van der Waals surface area contributed by atoms with Gasteiger partial charge >= 0.3 is 5.97 Å². The standard InChI is InChI=1S/C29H30N4O6S/c1-37-24-12-10-20(18-25(24)38-2)26(34)31-29(40)30-22-17-21(28(36)39-3)9-11-23(22)32-13-15-33(16-14-32)27(35)19-7-5-4-6-8-19/h4-12,17-18H,13-16H2,1-3H3,(H2,30,31,34,40). The minimum absolute atomic E-state index is 0.0151. The van der Waals surface area contributed by atoms with Crippen molar-refractivity contribution in [1.29, 1.82) is 0 Å². The molecule has 0 aromatic heterocycles. The summed E-state index contributed by atoms with van der Waals surface area (Å²) < 4.78 is 15.4. The van der Waals surface area contributed by atoms with Crippen LogP contribution in [0.1, 0.15) is 31.1 Å². The Balaban J connectivity index is 1.49. The van der Waals surface area contributed by atoms with Gasteiger partial charge in [-0.15, -0.1) is 0 Å². The fraction of sp³-hybridized carbons (Fsp3) is 0.241. The van der Waals surface area contributed by atoms with Crippen molar-refractivity contribution in [2.45, 2.75) is 0 Å². The van der Waals surface area contributed by atoms with Crippen molar-refractivity contribution in [1.82, 2.24) is 10.2 Å². The maximum absolute atomic E-state index is 12.9. The molecule has 0 saturated carbocycles. The molecule has 2 N–H and O–H groups in total. The molecule has 1 saturated heterocycles. The van der Waals surface area contributed by atoms with E-state index in [1.54, 1.807) is 48.5 Å². The molecular formula is C29H30N4O6S. The summed E-state index contributed by atoms with van der Waals surface area (Å²) in [7, 11) is 4.30. The molecular weight excluding hydrogens is 532 g/mol. The Kier molecular flexibility index (Phi) is 9.18. The Hall–Kier alpha value is -4.64. The number of carbonyl (C=O) groups is 3. The molecule has 0 spiro atoms. The Morgan fingerprint density at radius 1 is 0.775 bits per heavy atom. The average Bonchev–Trinajstić information content (AvgIpc) is 3.00. The predicted molar refractivity (Wildman–Crippen MR) is 156 cm³/mol. The van der Waals surface area contributed by atoms with Crippen LogP contribution < -0.4 is 25.0 Å². The highest BCUT2D eigenvalue weighted by Gasteiger charge is 2.24. The summed E-state index contributed by atoms with van der Waals surface area (Å²) in [6.45, 7) is 2.17. The molecule has 1 fully saturated rings. The Morgan fingerprint density at radius 2 is 1.45 bits per heavy atom. The molecule has 11 heteroatoms. The van der Waals surface area contributed by atoms with Gasteiger partial charge < -0.3 is 29.3 Å². The quantitative estimate of drug-likeness (QED) is 0.330. The minimum Gasteiger partial charge on any atom is -0.493 e. The molecule has 3 aromatic rings. The van der Waals surface area contributed by atoms with Gasteiger partial charge in [0.25, 0.3) is 11.8 Å². The zero-order chi connectivity index (χ0) is 28.6. The van der Waals surface area contributed by atoms with Crippen LogP contribution >= 0.6 is 12.2 Å². The lowest BCUT2D eigenvalue weighted by atomic mass is 10.1. The van der Waals surface area contributed by atoms with Gasteiger partial charge in [-0.05, 0) is 60.7 Å². The predicted octanol–water partition coefficient (Wildman–Crippen LogP) is 3.58. The zero-order valence-electron chi connectivity index (χ0n) is 22.4. The van der Waals surface area contributed by atoms with E-state index in [0.29, 0.717) is 60.1 Å². The van der Waals surface area contributed by atoms with Gasteiger partial charge in [0, 0.05) is 37.3 Å². The van der Waals surface area contributed by atoms with E-state index in [-0.39, 0.29) is 11.0 Å². The highest BCUT2D eigenvalue weighted by Crippen LogP contribution is 2.30. The van der Waals surface area contributed by atoms with Gasteiger partial charge in [-0.2, -0.15) is 0 Å². The summed E-state index contributed by atoms with van der Waals surface area (Å²) in [6.07, 6.45) is 0. The first kappa shape index (κ1) is 28.4. The molecule has 1 heterocycles. The second-order valence-corrected chi connectivity index (χ2v) is 9.26. The molecule has 2 amide bonds. The van der Waals surface area contributed by atoms with Crippen molar-refractivity contribution < 1.29 is 28.6 Å². The number of hydrogen-bond donors (Lipinski definition) is 2. The van der Waals surface area contributed by atoms with Crippen molar-refractivity contribution in [3.8, 4) is 11.5 Å². The van der Waals surface area contributed by atoms with Crippen LogP contribution in [0.25, 0.3) is 0 Å². The molecule has 0 aliphatic carbocycles. The van der Waals surface area contributed by atoms with E-state index in [4.69, 9.17) is 26.4 Å². The first-order chi connectivity index (χ1) is 19.3. The molecule has 0 atom stereocenters.